The third-order valence-corrected chi connectivity index (χ3v) is 10.7. The maximum Gasteiger partial charge on any atom is 0.472 e. The first-order valence-corrected chi connectivity index (χ1v) is 25.9. The van der Waals surface area contributed by atoms with Crippen molar-refractivity contribution in [3.05, 3.63) is 109 Å². The highest BCUT2D eigenvalue weighted by molar-refractivity contribution is 7.47. The molecule has 0 aliphatic heterocycles. The molecule has 0 aromatic rings. The van der Waals surface area contributed by atoms with Crippen molar-refractivity contribution >= 4 is 13.8 Å². The van der Waals surface area contributed by atoms with Gasteiger partial charge in [0.25, 0.3) is 0 Å². The van der Waals surface area contributed by atoms with E-state index in [1.165, 1.54) is 44.9 Å². The van der Waals surface area contributed by atoms with Crippen molar-refractivity contribution in [2.75, 3.05) is 33.0 Å². The van der Waals surface area contributed by atoms with E-state index in [1.807, 2.05) is 0 Å². The molecule has 0 radical (unpaired) electrons. The first-order valence-electron chi connectivity index (χ1n) is 24.4. The van der Waals surface area contributed by atoms with Gasteiger partial charge in [0.05, 0.1) is 19.8 Å². The van der Waals surface area contributed by atoms with E-state index in [-0.39, 0.29) is 32.3 Å². The quantitative estimate of drug-likeness (QED) is 0.0269. The van der Waals surface area contributed by atoms with Crippen LogP contribution in [-0.2, 0) is 27.9 Å². The Morgan fingerprint density at radius 1 is 0.484 bits per heavy atom. The Hall–Kier alpha value is -2.84. The van der Waals surface area contributed by atoms with Gasteiger partial charge in [0.2, 0.25) is 0 Å². The Bertz CT molecular complexity index is 1310. The number of phosphoric ester groups is 1. The number of rotatable bonds is 45. The van der Waals surface area contributed by atoms with Gasteiger partial charge in [-0.15, -0.1) is 0 Å². The molecule has 0 heterocycles. The second kappa shape index (κ2) is 49.2. The van der Waals surface area contributed by atoms with E-state index in [1.54, 1.807) is 0 Å². The van der Waals surface area contributed by atoms with Crippen LogP contribution in [-0.4, -0.2) is 49.9 Å². The van der Waals surface area contributed by atoms with Gasteiger partial charge in [-0.2, -0.15) is 0 Å². The lowest BCUT2D eigenvalue weighted by atomic mass is 10.1. The van der Waals surface area contributed by atoms with Gasteiger partial charge in [-0.1, -0.05) is 187 Å². The first kappa shape index (κ1) is 59.2. The van der Waals surface area contributed by atoms with Gasteiger partial charge in [0, 0.05) is 19.6 Å². The number of carbonyl (C=O) groups excluding carboxylic acids is 1. The Kier molecular flexibility index (Phi) is 46.9. The fourth-order valence-electron chi connectivity index (χ4n) is 6.19. The maximum atomic E-state index is 12.6. The van der Waals surface area contributed by atoms with Gasteiger partial charge in [-0.3, -0.25) is 13.8 Å². The van der Waals surface area contributed by atoms with Crippen molar-refractivity contribution in [3.63, 3.8) is 0 Å². The molecular weight excluding hydrogens is 794 g/mol. The minimum atomic E-state index is -4.30. The van der Waals surface area contributed by atoms with Crippen LogP contribution in [0.3, 0.4) is 0 Å². The molecule has 0 aromatic carbocycles. The van der Waals surface area contributed by atoms with E-state index < -0.39 is 13.9 Å². The molecule has 0 bridgehead atoms. The minimum Gasteiger partial charge on any atom is -0.457 e. The summed E-state index contributed by atoms with van der Waals surface area (Å²) < 4.78 is 33.5. The highest BCUT2D eigenvalue weighted by atomic mass is 31.2. The van der Waals surface area contributed by atoms with Crippen LogP contribution in [0, 0.1) is 0 Å². The van der Waals surface area contributed by atoms with Crippen molar-refractivity contribution in [2.45, 2.75) is 187 Å². The Labute approximate surface area is 380 Å². The van der Waals surface area contributed by atoms with E-state index in [0.29, 0.717) is 13.0 Å². The van der Waals surface area contributed by atoms with Crippen LogP contribution in [0.1, 0.15) is 181 Å². The predicted molar refractivity (Wildman–Crippen MR) is 265 cm³/mol. The topological polar surface area (TPSA) is 117 Å². The van der Waals surface area contributed by atoms with Crippen LogP contribution in [0.2, 0.25) is 0 Å². The molecule has 0 aliphatic rings. The molecule has 0 amide bonds. The highest BCUT2D eigenvalue weighted by Gasteiger charge is 2.25. The second-order valence-electron chi connectivity index (χ2n) is 15.6. The van der Waals surface area contributed by atoms with E-state index in [4.69, 9.17) is 24.3 Å². The van der Waals surface area contributed by atoms with Gasteiger partial charge in [0.1, 0.15) is 6.10 Å². The molecule has 8 nitrogen and oxygen atoms in total. The summed E-state index contributed by atoms with van der Waals surface area (Å²) >= 11 is 0. The summed E-state index contributed by atoms with van der Waals surface area (Å²) in [4.78, 5) is 22.6. The van der Waals surface area contributed by atoms with E-state index >= 15 is 0 Å². The summed E-state index contributed by atoms with van der Waals surface area (Å²) in [7, 11) is -4.30. The molecule has 2 unspecified atom stereocenters. The molecule has 9 heteroatoms. The molecule has 0 rings (SSSR count). The summed E-state index contributed by atoms with van der Waals surface area (Å²) in [5.41, 5.74) is 5.38. The Morgan fingerprint density at radius 2 is 0.855 bits per heavy atom. The molecule has 0 fully saturated rings. The lowest BCUT2D eigenvalue weighted by Gasteiger charge is -2.20. The molecule has 0 aromatic heterocycles. The summed E-state index contributed by atoms with van der Waals surface area (Å²) in [6.45, 7) is 4.63. The van der Waals surface area contributed by atoms with Crippen LogP contribution in [0.25, 0.3) is 0 Å². The van der Waals surface area contributed by atoms with Gasteiger partial charge >= 0.3 is 13.8 Å². The lowest BCUT2D eigenvalue weighted by Crippen LogP contribution is -2.28. The third-order valence-electron chi connectivity index (χ3n) is 9.69. The first-order chi connectivity index (χ1) is 30.4. The standard InChI is InChI=1S/C53H90NO7P/c1-3-5-7-9-11-13-15-17-19-21-22-23-24-25-26-27-28-29-31-33-35-37-39-41-43-45-48-58-50-52(51-60-62(56,57)59-49-47-54)61-53(55)46-44-42-40-38-36-34-32-30-20-18-16-14-12-10-8-6-4-2/h5-8,11-14,17-20,22-23,25-26,28-29,52H,3-4,9-10,15-16,21,24,27,30-51,54H2,1-2H3,(H,56,57)/b7-5-,8-6-,13-11-,14-12-,19-17-,20-18-,23-22-,26-25-,29-28-. The van der Waals surface area contributed by atoms with Gasteiger partial charge in [-0.05, 0) is 96.3 Å². The normalized spacial score (nSPS) is 14.3. The Morgan fingerprint density at radius 3 is 1.27 bits per heavy atom. The molecule has 0 aliphatic carbocycles. The van der Waals surface area contributed by atoms with Crippen LogP contribution < -0.4 is 5.73 Å². The number of carbonyl (C=O) groups is 1. The summed E-state index contributed by atoms with van der Waals surface area (Å²) in [6, 6.07) is 0. The SMILES string of the molecule is CC/C=C\C/C=C\C/C=C\C/C=C\C/C=C\C/C=C\CCCCCCCCCOCC(COP(=O)(O)OCCN)OC(=O)CCCCCCCCC/C=C\C/C=C\C/C=C\CC. The monoisotopic (exact) mass is 884 g/mol. The maximum absolute atomic E-state index is 12.6. The molecule has 0 saturated carbocycles. The van der Waals surface area contributed by atoms with Crippen molar-refractivity contribution < 1.29 is 32.8 Å². The average molecular weight is 884 g/mol. The van der Waals surface area contributed by atoms with Crippen LogP contribution in [0.4, 0.5) is 0 Å². The number of nitrogens with two attached hydrogens (primary N) is 1. The minimum absolute atomic E-state index is 0.0902. The molecular formula is C53H90NO7P. The van der Waals surface area contributed by atoms with Crippen molar-refractivity contribution in [2.24, 2.45) is 5.73 Å². The molecule has 0 spiro atoms. The number of ether oxygens (including phenoxy) is 2. The zero-order chi connectivity index (χ0) is 45.1. The van der Waals surface area contributed by atoms with Gasteiger partial charge < -0.3 is 20.1 Å². The van der Waals surface area contributed by atoms with Crippen LogP contribution >= 0.6 is 7.82 Å². The van der Waals surface area contributed by atoms with Crippen molar-refractivity contribution in [1.29, 1.82) is 0 Å². The van der Waals surface area contributed by atoms with E-state index in [9.17, 15) is 14.3 Å². The average Bonchev–Trinajstić information content (AvgIpc) is 3.26. The van der Waals surface area contributed by atoms with Crippen molar-refractivity contribution in [3.8, 4) is 0 Å². The third kappa shape index (κ3) is 48.2. The molecule has 354 valence electrons. The zero-order valence-corrected chi connectivity index (χ0v) is 40.2. The second-order valence-corrected chi connectivity index (χ2v) is 17.0. The van der Waals surface area contributed by atoms with Crippen LogP contribution in [0.15, 0.2) is 109 Å². The predicted octanol–water partition coefficient (Wildman–Crippen LogP) is 15.2. The highest BCUT2D eigenvalue weighted by Crippen LogP contribution is 2.43. The number of hydrogen-bond acceptors (Lipinski definition) is 7. The fourth-order valence-corrected chi connectivity index (χ4v) is 6.96. The number of allylic oxidation sites excluding steroid dienone is 18. The molecule has 3 N–H and O–H groups in total. The molecule has 2 atom stereocenters. The zero-order valence-electron chi connectivity index (χ0n) is 39.3. The van der Waals surface area contributed by atoms with Crippen molar-refractivity contribution in [1.82, 2.24) is 0 Å². The summed E-state index contributed by atoms with van der Waals surface area (Å²) in [5.74, 6) is -0.349. The smallest absolute Gasteiger partial charge is 0.457 e. The Balaban J connectivity index is 4.03. The number of esters is 1. The number of phosphoric acid groups is 1. The summed E-state index contributed by atoms with van der Waals surface area (Å²) in [6.07, 6.45) is 66.9. The van der Waals surface area contributed by atoms with Crippen LogP contribution in [0.5, 0.6) is 0 Å². The van der Waals surface area contributed by atoms with E-state index in [0.717, 1.165) is 116 Å². The number of hydrogen-bond donors (Lipinski definition) is 2. The fraction of sp³-hybridized carbons (Fsp3) is 0.642. The summed E-state index contributed by atoms with van der Waals surface area (Å²) in [5, 5.41) is 0. The van der Waals surface area contributed by atoms with Gasteiger partial charge in [0.15, 0.2) is 0 Å². The molecule has 62 heavy (non-hydrogen) atoms. The largest absolute Gasteiger partial charge is 0.472 e. The van der Waals surface area contributed by atoms with E-state index in [2.05, 4.69) is 123 Å². The molecule has 0 saturated heterocycles. The lowest BCUT2D eigenvalue weighted by molar-refractivity contribution is -0.154. The van der Waals surface area contributed by atoms with Gasteiger partial charge in [-0.25, -0.2) is 4.57 Å². The number of unbranched alkanes of at least 4 members (excludes halogenated alkanes) is 14.